The van der Waals surface area contributed by atoms with Crippen LogP contribution in [0.1, 0.15) is 15.9 Å². The van der Waals surface area contributed by atoms with Crippen LogP contribution in [0, 0.1) is 15.9 Å². The molecule has 0 saturated carbocycles. The van der Waals surface area contributed by atoms with E-state index in [1.165, 1.54) is 36.5 Å². The summed E-state index contributed by atoms with van der Waals surface area (Å²) in [5.74, 6) is -1.23. The van der Waals surface area contributed by atoms with Gasteiger partial charge in [-0.25, -0.2) is 19.2 Å². The van der Waals surface area contributed by atoms with Crippen LogP contribution in [0.25, 0.3) is 5.69 Å². The zero-order valence-corrected chi connectivity index (χ0v) is 14.1. The first-order valence-electron chi connectivity index (χ1n) is 7.73. The molecule has 0 atom stereocenters. The summed E-state index contributed by atoms with van der Waals surface area (Å²) in [6, 6.07) is 5.65. The highest BCUT2D eigenvalue weighted by Gasteiger charge is 2.19. The standard InChI is InChI=1S/C17H14FN5O4/c1-27-17(24)12-7-15(23(25)26)16(21-9-12)20-8-11-2-3-14(13(18)6-11)22-5-4-19-10-22/h2-7,9-10H,8H2,1H3,(H,20,21). The zero-order valence-electron chi connectivity index (χ0n) is 14.1. The summed E-state index contributed by atoms with van der Waals surface area (Å²) >= 11 is 0. The minimum absolute atomic E-state index is 0.0354. The monoisotopic (exact) mass is 371 g/mol. The number of carbonyl (C=O) groups excluding carboxylic acids is 1. The topological polar surface area (TPSA) is 112 Å². The number of halogens is 1. The average Bonchev–Trinajstić information content (AvgIpc) is 3.20. The van der Waals surface area contributed by atoms with Crippen LogP contribution in [0.2, 0.25) is 0 Å². The first-order chi connectivity index (χ1) is 13.0. The van der Waals surface area contributed by atoms with Gasteiger partial charge in [0.05, 0.1) is 29.6 Å². The molecule has 0 amide bonds. The summed E-state index contributed by atoms with van der Waals surface area (Å²) in [6.07, 6.45) is 5.81. The van der Waals surface area contributed by atoms with E-state index in [1.807, 2.05) is 0 Å². The molecule has 0 bridgehead atoms. The lowest BCUT2D eigenvalue weighted by atomic mass is 10.2. The van der Waals surface area contributed by atoms with Gasteiger partial charge in [-0.2, -0.15) is 0 Å². The molecule has 27 heavy (non-hydrogen) atoms. The summed E-state index contributed by atoms with van der Waals surface area (Å²) in [4.78, 5) is 29.8. The molecule has 0 aliphatic heterocycles. The molecule has 0 spiro atoms. The van der Waals surface area contributed by atoms with Gasteiger partial charge in [0.1, 0.15) is 5.82 Å². The van der Waals surface area contributed by atoms with Crippen molar-refractivity contribution in [2.24, 2.45) is 0 Å². The Hall–Kier alpha value is -3.82. The number of hydrogen-bond donors (Lipinski definition) is 1. The fourth-order valence-corrected chi connectivity index (χ4v) is 2.42. The highest BCUT2D eigenvalue weighted by atomic mass is 19.1. The number of imidazole rings is 1. The van der Waals surface area contributed by atoms with Gasteiger partial charge in [0.25, 0.3) is 0 Å². The van der Waals surface area contributed by atoms with Crippen molar-refractivity contribution in [2.75, 3.05) is 12.4 Å². The summed E-state index contributed by atoms with van der Waals surface area (Å²) in [6.45, 7) is 0.104. The van der Waals surface area contributed by atoms with Crippen molar-refractivity contribution in [3.63, 3.8) is 0 Å². The Morgan fingerprint density at radius 2 is 2.22 bits per heavy atom. The smallest absolute Gasteiger partial charge is 0.339 e. The number of hydrogen-bond acceptors (Lipinski definition) is 7. The fraction of sp³-hybridized carbons (Fsp3) is 0.118. The summed E-state index contributed by atoms with van der Waals surface area (Å²) in [5, 5.41) is 14.0. The maximum absolute atomic E-state index is 14.3. The van der Waals surface area contributed by atoms with E-state index < -0.39 is 16.7 Å². The second-order valence-electron chi connectivity index (χ2n) is 5.45. The Morgan fingerprint density at radius 3 is 2.85 bits per heavy atom. The van der Waals surface area contributed by atoms with Crippen molar-refractivity contribution in [3.05, 3.63) is 76.2 Å². The van der Waals surface area contributed by atoms with Crippen LogP contribution in [0.5, 0.6) is 0 Å². The number of aromatic nitrogens is 3. The van der Waals surface area contributed by atoms with E-state index in [4.69, 9.17) is 0 Å². The maximum atomic E-state index is 14.3. The Bertz CT molecular complexity index is 991. The Labute approximate surface area is 152 Å². The molecule has 9 nitrogen and oxygen atoms in total. The van der Waals surface area contributed by atoms with Gasteiger partial charge in [-0.1, -0.05) is 6.07 Å². The molecule has 2 heterocycles. The predicted molar refractivity (Wildman–Crippen MR) is 93.1 cm³/mol. The van der Waals surface area contributed by atoms with Gasteiger partial charge in [0.2, 0.25) is 5.82 Å². The first-order valence-corrected chi connectivity index (χ1v) is 7.73. The van der Waals surface area contributed by atoms with Crippen molar-refractivity contribution < 1.29 is 18.8 Å². The van der Waals surface area contributed by atoms with Crippen molar-refractivity contribution in [1.29, 1.82) is 0 Å². The minimum atomic E-state index is -0.727. The largest absolute Gasteiger partial charge is 0.465 e. The quantitative estimate of drug-likeness (QED) is 0.403. The Balaban J connectivity index is 1.79. The number of anilines is 1. The molecule has 2 aromatic heterocycles. The summed E-state index contributed by atoms with van der Waals surface area (Å²) in [5.41, 5.74) is 0.478. The van der Waals surface area contributed by atoms with Crippen LogP contribution in [-0.2, 0) is 11.3 Å². The molecule has 1 N–H and O–H groups in total. The molecule has 0 radical (unpaired) electrons. The lowest BCUT2D eigenvalue weighted by Crippen LogP contribution is -2.08. The predicted octanol–water partition coefficient (Wildman–Crippen LogP) is 2.71. The van der Waals surface area contributed by atoms with Gasteiger partial charge in [-0.15, -0.1) is 0 Å². The van der Waals surface area contributed by atoms with Gasteiger partial charge in [-0.05, 0) is 17.7 Å². The number of esters is 1. The third kappa shape index (κ3) is 3.89. The van der Waals surface area contributed by atoms with Gasteiger partial charge in [-0.3, -0.25) is 10.1 Å². The molecule has 0 aliphatic carbocycles. The van der Waals surface area contributed by atoms with E-state index in [0.717, 1.165) is 6.07 Å². The molecular weight excluding hydrogens is 357 g/mol. The van der Waals surface area contributed by atoms with E-state index in [0.29, 0.717) is 11.3 Å². The minimum Gasteiger partial charge on any atom is -0.465 e. The Morgan fingerprint density at radius 1 is 1.41 bits per heavy atom. The van der Waals surface area contributed by atoms with Crippen molar-refractivity contribution in [2.45, 2.75) is 6.54 Å². The molecule has 0 unspecified atom stereocenters. The fourth-order valence-electron chi connectivity index (χ4n) is 2.42. The number of methoxy groups -OCH3 is 1. The number of nitrogens with zero attached hydrogens (tertiary/aromatic N) is 4. The number of nitro groups is 1. The molecule has 0 saturated heterocycles. The van der Waals surface area contributed by atoms with Crippen LogP contribution in [0.15, 0.2) is 49.2 Å². The van der Waals surface area contributed by atoms with Crippen LogP contribution in [0.4, 0.5) is 15.9 Å². The van der Waals surface area contributed by atoms with Gasteiger partial charge < -0.3 is 14.6 Å². The van der Waals surface area contributed by atoms with Crippen LogP contribution >= 0.6 is 0 Å². The number of pyridine rings is 1. The van der Waals surface area contributed by atoms with Gasteiger partial charge in [0, 0.05) is 31.2 Å². The molecule has 0 aliphatic rings. The third-order valence-electron chi connectivity index (χ3n) is 3.74. The first kappa shape index (κ1) is 18.0. The van der Waals surface area contributed by atoms with Gasteiger partial charge >= 0.3 is 11.7 Å². The molecule has 3 rings (SSSR count). The normalized spacial score (nSPS) is 10.4. The maximum Gasteiger partial charge on any atom is 0.339 e. The third-order valence-corrected chi connectivity index (χ3v) is 3.74. The SMILES string of the molecule is COC(=O)c1cnc(NCc2ccc(-n3ccnc3)c(F)c2)c([N+](=O)[O-])c1. The molecule has 10 heteroatoms. The zero-order chi connectivity index (χ0) is 19.4. The lowest BCUT2D eigenvalue weighted by molar-refractivity contribution is -0.384. The second-order valence-corrected chi connectivity index (χ2v) is 5.45. The number of carbonyl (C=O) groups is 1. The number of ether oxygens (including phenoxy) is 1. The van der Waals surface area contributed by atoms with Crippen molar-refractivity contribution in [3.8, 4) is 5.69 Å². The second kappa shape index (κ2) is 7.60. The van der Waals surface area contributed by atoms with E-state index in [1.54, 1.807) is 18.3 Å². The van der Waals surface area contributed by atoms with E-state index in [-0.39, 0.29) is 23.6 Å². The highest BCUT2D eigenvalue weighted by Crippen LogP contribution is 2.24. The molecule has 138 valence electrons. The number of rotatable bonds is 6. The van der Waals surface area contributed by atoms with Crippen LogP contribution in [-0.4, -0.2) is 32.5 Å². The molecular formula is C17H14FN5O4. The van der Waals surface area contributed by atoms with E-state index >= 15 is 0 Å². The highest BCUT2D eigenvalue weighted by molar-refractivity contribution is 5.90. The molecule has 1 aromatic carbocycles. The van der Waals surface area contributed by atoms with Crippen LogP contribution in [0.3, 0.4) is 0 Å². The van der Waals surface area contributed by atoms with Crippen molar-refractivity contribution in [1.82, 2.24) is 14.5 Å². The van der Waals surface area contributed by atoms with E-state index in [2.05, 4.69) is 20.0 Å². The molecule has 3 aromatic rings. The molecule has 0 fully saturated rings. The summed E-state index contributed by atoms with van der Waals surface area (Å²) in [7, 11) is 1.17. The lowest BCUT2D eigenvalue weighted by Gasteiger charge is -2.09. The van der Waals surface area contributed by atoms with Crippen molar-refractivity contribution >= 4 is 17.5 Å². The number of nitrogens with one attached hydrogen (secondary N) is 1. The number of benzene rings is 1. The van der Waals surface area contributed by atoms with E-state index in [9.17, 15) is 19.3 Å². The Kier molecular flexibility index (Phi) is 5.06. The van der Waals surface area contributed by atoms with Gasteiger partial charge in [0.15, 0.2) is 0 Å². The summed E-state index contributed by atoms with van der Waals surface area (Å²) < 4.78 is 20.3. The van der Waals surface area contributed by atoms with Crippen LogP contribution < -0.4 is 5.32 Å². The average molecular weight is 371 g/mol.